The fraction of sp³-hybridized carbons (Fsp3) is 0.125. The third kappa shape index (κ3) is 2.76. The minimum Gasteiger partial charge on any atom is -0.438 e. The Labute approximate surface area is 127 Å². The number of ether oxygens (including phenoxy) is 1. The number of aromatic nitrogens is 2. The van der Waals surface area contributed by atoms with Gasteiger partial charge in [-0.1, -0.05) is 29.8 Å². The molecule has 0 amide bonds. The van der Waals surface area contributed by atoms with E-state index in [2.05, 4.69) is 15.3 Å². The van der Waals surface area contributed by atoms with E-state index in [9.17, 15) is 0 Å². The Balaban J connectivity index is 2.13. The van der Waals surface area contributed by atoms with Crippen molar-refractivity contribution in [3.05, 3.63) is 53.1 Å². The van der Waals surface area contributed by atoms with Crippen LogP contribution in [0.15, 0.2) is 42.5 Å². The first kappa shape index (κ1) is 13.6. The van der Waals surface area contributed by atoms with Crippen LogP contribution in [0.3, 0.4) is 0 Å². The van der Waals surface area contributed by atoms with E-state index in [0.29, 0.717) is 22.6 Å². The van der Waals surface area contributed by atoms with E-state index >= 15 is 0 Å². The van der Waals surface area contributed by atoms with Crippen LogP contribution in [0, 0.1) is 6.92 Å². The zero-order valence-electron chi connectivity index (χ0n) is 11.7. The summed E-state index contributed by atoms with van der Waals surface area (Å²) in [4.78, 5) is 8.81. The van der Waals surface area contributed by atoms with Gasteiger partial charge in [-0.2, -0.15) is 4.98 Å². The lowest BCUT2D eigenvalue weighted by Gasteiger charge is -2.11. The maximum absolute atomic E-state index is 6.03. The van der Waals surface area contributed by atoms with Gasteiger partial charge in [0.2, 0.25) is 11.8 Å². The number of nitrogens with one attached hydrogen (secondary N) is 1. The predicted molar refractivity (Wildman–Crippen MR) is 85.3 cm³/mol. The Morgan fingerprint density at radius 2 is 1.90 bits per heavy atom. The summed E-state index contributed by atoms with van der Waals surface area (Å²) >= 11 is 6.03. The van der Waals surface area contributed by atoms with Crippen molar-refractivity contribution in [3.8, 4) is 11.6 Å². The second-order valence-corrected chi connectivity index (χ2v) is 5.07. The minimum absolute atomic E-state index is 0.510. The van der Waals surface area contributed by atoms with E-state index in [0.717, 1.165) is 16.5 Å². The Bertz CT molecular complexity index is 805. The van der Waals surface area contributed by atoms with Crippen molar-refractivity contribution in [2.24, 2.45) is 0 Å². The highest BCUT2D eigenvalue weighted by Gasteiger charge is 2.10. The van der Waals surface area contributed by atoms with Crippen LogP contribution in [0.4, 0.5) is 5.95 Å². The van der Waals surface area contributed by atoms with Crippen LogP contribution >= 0.6 is 11.6 Å². The fourth-order valence-corrected chi connectivity index (χ4v) is 2.19. The maximum Gasteiger partial charge on any atom is 0.231 e. The lowest BCUT2D eigenvalue weighted by molar-refractivity contribution is 0.465. The summed E-state index contributed by atoms with van der Waals surface area (Å²) in [6.45, 7) is 1.97. The van der Waals surface area contributed by atoms with Gasteiger partial charge in [0.25, 0.3) is 0 Å². The van der Waals surface area contributed by atoms with E-state index in [1.165, 1.54) is 0 Å². The average Bonchev–Trinajstić information content (AvgIpc) is 2.50. The molecule has 2 aromatic carbocycles. The molecule has 5 heteroatoms. The van der Waals surface area contributed by atoms with Gasteiger partial charge in [-0.3, -0.25) is 0 Å². The molecule has 106 valence electrons. The predicted octanol–water partition coefficient (Wildman–Crippen LogP) is 4.43. The van der Waals surface area contributed by atoms with Crippen molar-refractivity contribution >= 4 is 28.5 Å². The third-order valence-corrected chi connectivity index (χ3v) is 3.38. The number of para-hydroxylation sites is 1. The van der Waals surface area contributed by atoms with Gasteiger partial charge in [-0.25, -0.2) is 4.98 Å². The molecule has 0 fully saturated rings. The van der Waals surface area contributed by atoms with Gasteiger partial charge in [0.1, 0.15) is 5.75 Å². The number of benzene rings is 2. The van der Waals surface area contributed by atoms with E-state index in [1.807, 2.05) is 43.3 Å². The molecule has 4 nitrogen and oxygen atoms in total. The lowest BCUT2D eigenvalue weighted by atomic mass is 10.2. The molecule has 0 aliphatic rings. The molecule has 0 aliphatic carbocycles. The summed E-state index contributed by atoms with van der Waals surface area (Å²) in [5, 5.41) is 4.43. The van der Waals surface area contributed by atoms with E-state index in [4.69, 9.17) is 16.3 Å². The van der Waals surface area contributed by atoms with Crippen LogP contribution < -0.4 is 10.1 Å². The molecule has 0 bridgehead atoms. The molecule has 0 unspecified atom stereocenters. The Morgan fingerprint density at radius 3 is 2.71 bits per heavy atom. The first-order valence-electron chi connectivity index (χ1n) is 6.56. The molecule has 0 radical (unpaired) electrons. The van der Waals surface area contributed by atoms with Gasteiger partial charge in [0.15, 0.2) is 0 Å². The smallest absolute Gasteiger partial charge is 0.231 e. The number of aryl methyl sites for hydroxylation is 1. The largest absolute Gasteiger partial charge is 0.438 e. The van der Waals surface area contributed by atoms with Gasteiger partial charge in [0.05, 0.1) is 10.9 Å². The maximum atomic E-state index is 6.03. The summed E-state index contributed by atoms with van der Waals surface area (Å²) in [7, 11) is 1.78. The highest BCUT2D eigenvalue weighted by Crippen LogP contribution is 2.31. The zero-order chi connectivity index (χ0) is 14.8. The summed E-state index contributed by atoms with van der Waals surface area (Å²) in [6, 6.07) is 13.3. The molecule has 0 saturated carbocycles. The normalized spacial score (nSPS) is 10.6. The summed E-state index contributed by atoms with van der Waals surface area (Å²) in [5.74, 6) is 1.71. The van der Waals surface area contributed by atoms with Crippen molar-refractivity contribution in [3.63, 3.8) is 0 Å². The van der Waals surface area contributed by atoms with E-state index < -0.39 is 0 Å². The molecule has 1 heterocycles. The zero-order valence-corrected chi connectivity index (χ0v) is 12.5. The molecule has 1 N–H and O–H groups in total. The van der Waals surface area contributed by atoms with Crippen LogP contribution in [-0.4, -0.2) is 17.0 Å². The average molecular weight is 300 g/mol. The minimum atomic E-state index is 0.510. The molecule has 0 saturated heterocycles. The molecule has 0 atom stereocenters. The molecule has 3 rings (SSSR count). The van der Waals surface area contributed by atoms with Gasteiger partial charge in [0, 0.05) is 12.1 Å². The lowest BCUT2D eigenvalue weighted by Crippen LogP contribution is -2.00. The van der Waals surface area contributed by atoms with Gasteiger partial charge in [-0.15, -0.1) is 0 Å². The first-order valence-corrected chi connectivity index (χ1v) is 6.94. The highest BCUT2D eigenvalue weighted by atomic mass is 35.5. The van der Waals surface area contributed by atoms with Crippen LogP contribution in [0.1, 0.15) is 5.56 Å². The topological polar surface area (TPSA) is 47.0 Å². The number of halogens is 1. The molecular formula is C16H14ClN3O. The quantitative estimate of drug-likeness (QED) is 0.777. The van der Waals surface area contributed by atoms with Crippen LogP contribution in [0.5, 0.6) is 11.6 Å². The Kier molecular flexibility index (Phi) is 3.62. The number of hydrogen-bond donors (Lipinski definition) is 1. The number of hydrogen-bond acceptors (Lipinski definition) is 4. The van der Waals surface area contributed by atoms with Crippen molar-refractivity contribution in [2.75, 3.05) is 12.4 Å². The van der Waals surface area contributed by atoms with Crippen LogP contribution in [-0.2, 0) is 0 Å². The number of anilines is 1. The molecular weight excluding hydrogens is 286 g/mol. The van der Waals surface area contributed by atoms with E-state index in [1.54, 1.807) is 13.1 Å². The molecule has 0 aliphatic heterocycles. The van der Waals surface area contributed by atoms with E-state index in [-0.39, 0.29) is 0 Å². The van der Waals surface area contributed by atoms with Gasteiger partial charge < -0.3 is 10.1 Å². The third-order valence-electron chi connectivity index (χ3n) is 3.15. The standard InChI is InChI=1S/C16H14ClN3O/c1-10-7-8-11(17)9-14(10)21-15-12-5-3-4-6-13(12)19-16(18-2)20-15/h3-9H,1-2H3,(H,18,19,20). The van der Waals surface area contributed by atoms with Crippen LogP contribution in [0.2, 0.25) is 5.02 Å². The second kappa shape index (κ2) is 5.58. The summed E-state index contributed by atoms with van der Waals surface area (Å²) in [6.07, 6.45) is 0. The van der Waals surface area contributed by atoms with Gasteiger partial charge in [-0.05, 0) is 36.8 Å². The SMILES string of the molecule is CNc1nc(Oc2cc(Cl)ccc2C)c2ccccc2n1. The Morgan fingerprint density at radius 1 is 1.10 bits per heavy atom. The molecule has 0 spiro atoms. The van der Waals surface area contributed by atoms with Crippen molar-refractivity contribution in [2.45, 2.75) is 6.92 Å². The molecule has 3 aromatic rings. The Hall–Kier alpha value is -2.33. The second-order valence-electron chi connectivity index (χ2n) is 4.63. The summed E-state index contributed by atoms with van der Waals surface area (Å²) < 4.78 is 5.97. The fourth-order valence-electron chi connectivity index (χ4n) is 2.03. The monoisotopic (exact) mass is 299 g/mol. The van der Waals surface area contributed by atoms with Crippen molar-refractivity contribution in [1.29, 1.82) is 0 Å². The number of fused-ring (bicyclic) bond motifs is 1. The van der Waals surface area contributed by atoms with Crippen molar-refractivity contribution in [1.82, 2.24) is 9.97 Å². The number of nitrogens with zero attached hydrogens (tertiary/aromatic N) is 2. The molecule has 21 heavy (non-hydrogen) atoms. The van der Waals surface area contributed by atoms with Crippen molar-refractivity contribution < 1.29 is 4.74 Å². The molecule has 1 aromatic heterocycles. The summed E-state index contributed by atoms with van der Waals surface area (Å²) in [5.41, 5.74) is 1.82. The van der Waals surface area contributed by atoms with Crippen LogP contribution in [0.25, 0.3) is 10.9 Å². The highest BCUT2D eigenvalue weighted by molar-refractivity contribution is 6.30. The number of rotatable bonds is 3. The first-order chi connectivity index (χ1) is 10.2. The van der Waals surface area contributed by atoms with Gasteiger partial charge >= 0.3 is 0 Å².